The molecule has 174 valence electrons. The van der Waals surface area contributed by atoms with Gasteiger partial charge in [-0.1, -0.05) is 30.3 Å². The first-order valence-corrected chi connectivity index (χ1v) is 11.6. The Morgan fingerprint density at radius 1 is 1.09 bits per heavy atom. The van der Waals surface area contributed by atoms with Crippen LogP contribution in [0, 0.1) is 19.7 Å². The van der Waals surface area contributed by atoms with Gasteiger partial charge in [-0.2, -0.15) is 5.10 Å². The van der Waals surface area contributed by atoms with Gasteiger partial charge in [-0.15, -0.1) is 0 Å². The van der Waals surface area contributed by atoms with Crippen LogP contribution in [-0.4, -0.2) is 46.8 Å². The normalized spacial score (nSPS) is 15.6. The van der Waals surface area contributed by atoms with Crippen molar-refractivity contribution in [3.63, 3.8) is 0 Å². The zero-order chi connectivity index (χ0) is 23.2. The van der Waals surface area contributed by atoms with E-state index in [4.69, 9.17) is 0 Å². The van der Waals surface area contributed by atoms with Gasteiger partial charge in [-0.25, -0.2) is 9.07 Å². The van der Waals surface area contributed by atoms with Gasteiger partial charge in [-0.05, 0) is 62.1 Å². The molecule has 1 aliphatic heterocycles. The standard InChI is InChI=1S/C26H33FN6/c1-19-16-20(2)33(31-19)25-7-5-4-6-22(25)17-29-26(28-3)30-24-12-14-32(15-13-24)18-21-8-10-23(27)11-9-21/h4-11,16,24H,12-15,17-18H2,1-3H3,(H2,28,29,30). The highest BCUT2D eigenvalue weighted by atomic mass is 19.1. The molecule has 2 aromatic carbocycles. The summed E-state index contributed by atoms with van der Waals surface area (Å²) in [6, 6.07) is 17.6. The van der Waals surface area contributed by atoms with Crippen molar-refractivity contribution < 1.29 is 4.39 Å². The number of aliphatic imine (C=N–C) groups is 1. The van der Waals surface area contributed by atoms with Crippen molar-refractivity contribution >= 4 is 5.96 Å². The average molecular weight is 449 g/mol. The summed E-state index contributed by atoms with van der Waals surface area (Å²) in [5.41, 5.74) is 5.54. The second-order valence-electron chi connectivity index (χ2n) is 8.71. The molecule has 0 bridgehead atoms. The van der Waals surface area contributed by atoms with E-state index in [0.29, 0.717) is 12.6 Å². The van der Waals surface area contributed by atoms with Gasteiger partial charge in [0.2, 0.25) is 0 Å². The van der Waals surface area contributed by atoms with Gasteiger partial charge in [0.05, 0.1) is 11.4 Å². The molecule has 0 saturated carbocycles. The molecule has 0 aliphatic carbocycles. The first-order valence-electron chi connectivity index (χ1n) is 11.6. The maximum Gasteiger partial charge on any atom is 0.191 e. The third-order valence-corrected chi connectivity index (χ3v) is 6.15. The average Bonchev–Trinajstić information content (AvgIpc) is 3.17. The molecule has 1 aromatic heterocycles. The summed E-state index contributed by atoms with van der Waals surface area (Å²) in [6.07, 6.45) is 2.09. The molecular formula is C26H33FN6. The van der Waals surface area contributed by atoms with Crippen LogP contribution in [0.15, 0.2) is 59.6 Å². The number of aryl methyl sites for hydroxylation is 2. The van der Waals surface area contributed by atoms with Crippen molar-refractivity contribution in [2.24, 2.45) is 4.99 Å². The molecule has 4 rings (SSSR count). The van der Waals surface area contributed by atoms with E-state index in [1.54, 1.807) is 0 Å². The largest absolute Gasteiger partial charge is 0.354 e. The van der Waals surface area contributed by atoms with Gasteiger partial charge in [0.1, 0.15) is 5.82 Å². The lowest BCUT2D eigenvalue weighted by Crippen LogP contribution is -2.48. The van der Waals surface area contributed by atoms with Crippen molar-refractivity contribution in [2.75, 3.05) is 20.1 Å². The highest BCUT2D eigenvalue weighted by Crippen LogP contribution is 2.17. The number of piperidine rings is 1. The second-order valence-corrected chi connectivity index (χ2v) is 8.71. The topological polar surface area (TPSA) is 57.5 Å². The lowest BCUT2D eigenvalue weighted by atomic mass is 10.0. The maximum absolute atomic E-state index is 13.1. The summed E-state index contributed by atoms with van der Waals surface area (Å²) in [4.78, 5) is 6.86. The van der Waals surface area contributed by atoms with Crippen LogP contribution in [-0.2, 0) is 13.1 Å². The monoisotopic (exact) mass is 448 g/mol. The quantitative estimate of drug-likeness (QED) is 0.443. The van der Waals surface area contributed by atoms with Gasteiger partial charge in [0.25, 0.3) is 0 Å². The van der Waals surface area contributed by atoms with Crippen molar-refractivity contribution in [3.8, 4) is 5.69 Å². The number of rotatable bonds is 6. The molecule has 33 heavy (non-hydrogen) atoms. The van der Waals surface area contributed by atoms with Gasteiger partial charge >= 0.3 is 0 Å². The van der Waals surface area contributed by atoms with E-state index in [1.165, 1.54) is 17.7 Å². The summed E-state index contributed by atoms with van der Waals surface area (Å²) in [5.74, 6) is 0.633. The number of aromatic nitrogens is 2. The lowest BCUT2D eigenvalue weighted by Gasteiger charge is -2.33. The Hall–Kier alpha value is -3.19. The number of nitrogens with zero attached hydrogens (tertiary/aromatic N) is 4. The molecule has 0 spiro atoms. The maximum atomic E-state index is 13.1. The molecule has 2 heterocycles. The van der Waals surface area contributed by atoms with E-state index in [0.717, 1.165) is 61.1 Å². The van der Waals surface area contributed by atoms with E-state index >= 15 is 0 Å². The first-order chi connectivity index (χ1) is 16.0. The number of hydrogen-bond donors (Lipinski definition) is 2. The van der Waals surface area contributed by atoms with E-state index in [-0.39, 0.29) is 5.82 Å². The number of para-hydroxylation sites is 1. The Morgan fingerprint density at radius 2 is 1.82 bits per heavy atom. The smallest absolute Gasteiger partial charge is 0.191 e. The zero-order valence-corrected chi connectivity index (χ0v) is 19.7. The zero-order valence-electron chi connectivity index (χ0n) is 19.7. The molecule has 2 N–H and O–H groups in total. The Bertz CT molecular complexity index is 1080. The van der Waals surface area contributed by atoms with E-state index in [2.05, 4.69) is 56.8 Å². The molecule has 0 unspecified atom stereocenters. The summed E-state index contributed by atoms with van der Waals surface area (Å²) < 4.78 is 15.1. The highest BCUT2D eigenvalue weighted by Gasteiger charge is 2.20. The summed E-state index contributed by atoms with van der Waals surface area (Å²) in [6.45, 7) is 7.63. The molecule has 1 fully saturated rings. The second kappa shape index (κ2) is 10.6. The van der Waals surface area contributed by atoms with Gasteiger partial charge in [-0.3, -0.25) is 9.89 Å². The third-order valence-electron chi connectivity index (χ3n) is 6.15. The molecule has 6 nitrogen and oxygen atoms in total. The predicted molar refractivity (Wildman–Crippen MR) is 131 cm³/mol. The Kier molecular flexibility index (Phi) is 7.40. The van der Waals surface area contributed by atoms with E-state index < -0.39 is 0 Å². The molecule has 3 aromatic rings. The van der Waals surface area contributed by atoms with Crippen molar-refractivity contribution in [1.29, 1.82) is 0 Å². The third kappa shape index (κ3) is 5.99. The minimum Gasteiger partial charge on any atom is -0.354 e. The van der Waals surface area contributed by atoms with Crippen molar-refractivity contribution in [2.45, 2.75) is 45.8 Å². The minimum absolute atomic E-state index is 0.182. The van der Waals surface area contributed by atoms with E-state index in [1.807, 2.05) is 36.9 Å². The van der Waals surface area contributed by atoms with Gasteiger partial charge in [0.15, 0.2) is 5.96 Å². The minimum atomic E-state index is -0.182. The van der Waals surface area contributed by atoms with Crippen LogP contribution in [0.1, 0.15) is 35.4 Å². The summed E-state index contributed by atoms with van der Waals surface area (Å²) >= 11 is 0. The van der Waals surface area contributed by atoms with Gasteiger partial charge < -0.3 is 10.6 Å². The van der Waals surface area contributed by atoms with Gasteiger partial charge in [0, 0.05) is 45.0 Å². The number of halogens is 1. The first kappa shape index (κ1) is 23.0. The number of benzene rings is 2. The molecule has 0 atom stereocenters. The van der Waals surface area contributed by atoms with Crippen LogP contribution in [0.3, 0.4) is 0 Å². The number of nitrogens with one attached hydrogen (secondary N) is 2. The Labute approximate surface area is 195 Å². The van der Waals surface area contributed by atoms with Crippen LogP contribution in [0.4, 0.5) is 4.39 Å². The number of guanidine groups is 1. The molecular weight excluding hydrogens is 415 g/mol. The van der Waals surface area contributed by atoms with E-state index in [9.17, 15) is 4.39 Å². The summed E-state index contributed by atoms with van der Waals surface area (Å²) in [5, 5.41) is 11.7. The molecule has 0 radical (unpaired) electrons. The molecule has 7 heteroatoms. The lowest BCUT2D eigenvalue weighted by molar-refractivity contribution is 0.198. The van der Waals surface area contributed by atoms with Crippen LogP contribution >= 0.6 is 0 Å². The van der Waals surface area contributed by atoms with Crippen LogP contribution in [0.2, 0.25) is 0 Å². The SMILES string of the molecule is CN=C(NCc1ccccc1-n1nc(C)cc1C)NC1CCN(Cc2ccc(F)cc2)CC1. The molecule has 1 saturated heterocycles. The summed E-state index contributed by atoms with van der Waals surface area (Å²) in [7, 11) is 1.81. The Morgan fingerprint density at radius 3 is 2.48 bits per heavy atom. The Balaban J connectivity index is 1.30. The van der Waals surface area contributed by atoms with Crippen molar-refractivity contribution in [3.05, 3.63) is 82.9 Å². The van der Waals surface area contributed by atoms with Crippen LogP contribution in [0.25, 0.3) is 5.69 Å². The fourth-order valence-corrected chi connectivity index (χ4v) is 4.39. The number of hydrogen-bond acceptors (Lipinski definition) is 3. The molecule has 0 amide bonds. The molecule has 1 aliphatic rings. The van der Waals surface area contributed by atoms with Crippen LogP contribution < -0.4 is 10.6 Å². The number of likely N-dealkylation sites (tertiary alicyclic amines) is 1. The fraction of sp³-hybridized carbons (Fsp3) is 0.385. The highest BCUT2D eigenvalue weighted by molar-refractivity contribution is 5.80. The fourth-order valence-electron chi connectivity index (χ4n) is 4.39. The predicted octanol–water partition coefficient (Wildman–Crippen LogP) is 3.96. The van der Waals surface area contributed by atoms with Crippen molar-refractivity contribution in [1.82, 2.24) is 25.3 Å². The van der Waals surface area contributed by atoms with Crippen LogP contribution in [0.5, 0.6) is 0 Å².